The van der Waals surface area contributed by atoms with Crippen LogP contribution >= 0.6 is 11.6 Å². The Hall–Kier alpha value is -0.0100. The van der Waals surface area contributed by atoms with Gasteiger partial charge in [-0.2, -0.15) is 0 Å². The third-order valence-electron chi connectivity index (χ3n) is 1.36. The van der Waals surface area contributed by atoms with Gasteiger partial charge in [-0.15, -0.1) is 11.6 Å². The van der Waals surface area contributed by atoms with Crippen LogP contribution in [0.2, 0.25) is 0 Å². The maximum atomic E-state index is 9.16. The fourth-order valence-corrected chi connectivity index (χ4v) is 0.730. The van der Waals surface area contributed by atoms with Crippen molar-refractivity contribution in [2.24, 2.45) is 0 Å². The molecule has 0 saturated heterocycles. The Morgan fingerprint density at radius 1 is 1.78 bits per heavy atom. The SMILES string of the molecule is C/C=C(/C)C(O)CCCl. The Morgan fingerprint density at radius 3 is 2.67 bits per heavy atom. The van der Waals surface area contributed by atoms with Gasteiger partial charge in [0.05, 0.1) is 6.10 Å². The van der Waals surface area contributed by atoms with E-state index in [1.165, 1.54) is 0 Å². The van der Waals surface area contributed by atoms with Gasteiger partial charge in [-0.05, 0) is 25.8 Å². The van der Waals surface area contributed by atoms with E-state index in [1.54, 1.807) is 0 Å². The van der Waals surface area contributed by atoms with Crippen molar-refractivity contribution in [1.29, 1.82) is 0 Å². The summed E-state index contributed by atoms with van der Waals surface area (Å²) in [6.45, 7) is 3.81. The monoisotopic (exact) mass is 148 g/mol. The molecular formula is C7H13ClO. The highest BCUT2D eigenvalue weighted by molar-refractivity contribution is 6.17. The molecule has 0 radical (unpaired) electrons. The van der Waals surface area contributed by atoms with Crippen molar-refractivity contribution in [2.75, 3.05) is 5.88 Å². The summed E-state index contributed by atoms with van der Waals surface area (Å²) in [5.41, 5.74) is 0.996. The van der Waals surface area contributed by atoms with Gasteiger partial charge in [0.1, 0.15) is 0 Å². The quantitative estimate of drug-likeness (QED) is 0.479. The Kier molecular flexibility index (Phi) is 4.83. The molecule has 0 aliphatic carbocycles. The van der Waals surface area contributed by atoms with Crippen molar-refractivity contribution in [1.82, 2.24) is 0 Å². The first kappa shape index (κ1) is 8.99. The Labute approximate surface area is 61.3 Å². The molecule has 0 heterocycles. The van der Waals surface area contributed by atoms with E-state index in [0.717, 1.165) is 5.57 Å². The molecule has 54 valence electrons. The molecule has 1 N–H and O–H groups in total. The smallest absolute Gasteiger partial charge is 0.0758 e. The number of halogens is 1. The largest absolute Gasteiger partial charge is 0.389 e. The predicted octanol–water partition coefficient (Wildman–Crippen LogP) is 1.94. The number of hydrogen-bond donors (Lipinski definition) is 1. The van der Waals surface area contributed by atoms with E-state index in [9.17, 15) is 0 Å². The highest BCUT2D eigenvalue weighted by atomic mass is 35.5. The van der Waals surface area contributed by atoms with Crippen LogP contribution in [0.4, 0.5) is 0 Å². The van der Waals surface area contributed by atoms with Gasteiger partial charge < -0.3 is 5.11 Å². The van der Waals surface area contributed by atoms with E-state index in [1.807, 2.05) is 19.9 Å². The normalized spacial score (nSPS) is 15.8. The minimum atomic E-state index is -0.340. The fourth-order valence-electron chi connectivity index (χ4n) is 0.523. The zero-order chi connectivity index (χ0) is 7.28. The van der Waals surface area contributed by atoms with Crippen LogP contribution in [0.15, 0.2) is 11.6 Å². The third kappa shape index (κ3) is 3.55. The van der Waals surface area contributed by atoms with Gasteiger partial charge in [-0.25, -0.2) is 0 Å². The number of alkyl halides is 1. The summed E-state index contributed by atoms with van der Waals surface area (Å²) < 4.78 is 0. The van der Waals surface area contributed by atoms with Crippen LogP contribution in [0.3, 0.4) is 0 Å². The van der Waals surface area contributed by atoms with E-state index in [-0.39, 0.29) is 6.10 Å². The summed E-state index contributed by atoms with van der Waals surface area (Å²) >= 11 is 5.41. The molecule has 0 fully saturated rings. The molecule has 1 nitrogen and oxygen atoms in total. The van der Waals surface area contributed by atoms with Gasteiger partial charge >= 0.3 is 0 Å². The first-order valence-corrected chi connectivity index (χ1v) is 3.62. The number of aliphatic hydroxyl groups excluding tert-OH is 1. The predicted molar refractivity (Wildman–Crippen MR) is 40.8 cm³/mol. The fraction of sp³-hybridized carbons (Fsp3) is 0.714. The lowest BCUT2D eigenvalue weighted by atomic mass is 10.1. The second-order valence-corrected chi connectivity index (χ2v) is 2.40. The van der Waals surface area contributed by atoms with E-state index in [4.69, 9.17) is 16.7 Å². The van der Waals surface area contributed by atoms with E-state index in [0.29, 0.717) is 12.3 Å². The summed E-state index contributed by atoms with van der Waals surface area (Å²) in [7, 11) is 0. The van der Waals surface area contributed by atoms with Crippen LogP contribution in [0.1, 0.15) is 20.3 Å². The van der Waals surface area contributed by atoms with Crippen LogP contribution in [0, 0.1) is 0 Å². The van der Waals surface area contributed by atoms with E-state index in [2.05, 4.69) is 0 Å². The van der Waals surface area contributed by atoms with Gasteiger partial charge in [0, 0.05) is 5.88 Å². The number of hydrogen-bond acceptors (Lipinski definition) is 1. The van der Waals surface area contributed by atoms with Gasteiger partial charge in [-0.3, -0.25) is 0 Å². The van der Waals surface area contributed by atoms with Crippen molar-refractivity contribution >= 4 is 11.6 Å². The molecule has 0 aliphatic heterocycles. The van der Waals surface area contributed by atoms with Gasteiger partial charge in [0.25, 0.3) is 0 Å². The molecule has 0 spiro atoms. The lowest BCUT2D eigenvalue weighted by molar-refractivity contribution is 0.207. The third-order valence-corrected chi connectivity index (χ3v) is 1.58. The second kappa shape index (κ2) is 4.83. The van der Waals surface area contributed by atoms with E-state index < -0.39 is 0 Å². The topological polar surface area (TPSA) is 20.2 Å². The first-order chi connectivity index (χ1) is 4.22. The molecule has 0 saturated carbocycles. The molecule has 0 aliphatic rings. The zero-order valence-electron chi connectivity index (χ0n) is 5.89. The summed E-state index contributed by atoms with van der Waals surface area (Å²) in [4.78, 5) is 0. The van der Waals surface area contributed by atoms with Crippen molar-refractivity contribution in [3.05, 3.63) is 11.6 Å². The lowest BCUT2D eigenvalue weighted by Crippen LogP contribution is -2.07. The number of rotatable bonds is 3. The van der Waals surface area contributed by atoms with Crippen molar-refractivity contribution in [2.45, 2.75) is 26.4 Å². The Bertz CT molecular complexity index is 99.1. The van der Waals surface area contributed by atoms with Gasteiger partial charge in [-0.1, -0.05) is 6.08 Å². The zero-order valence-corrected chi connectivity index (χ0v) is 6.65. The molecule has 0 aromatic rings. The molecule has 1 unspecified atom stereocenters. The second-order valence-electron chi connectivity index (χ2n) is 2.03. The van der Waals surface area contributed by atoms with E-state index >= 15 is 0 Å². The van der Waals surface area contributed by atoms with Crippen LogP contribution < -0.4 is 0 Å². The average molecular weight is 149 g/mol. The molecule has 1 atom stereocenters. The highest BCUT2D eigenvalue weighted by Gasteiger charge is 2.02. The molecule has 0 bridgehead atoms. The van der Waals surface area contributed by atoms with Crippen LogP contribution in [-0.4, -0.2) is 17.1 Å². The standard InChI is InChI=1S/C7H13ClO/c1-3-6(2)7(9)4-5-8/h3,7,9H,4-5H2,1-2H3/b6-3-. The lowest BCUT2D eigenvalue weighted by Gasteiger charge is -2.07. The molecule has 0 aromatic carbocycles. The van der Waals surface area contributed by atoms with Crippen LogP contribution in [0.5, 0.6) is 0 Å². The van der Waals surface area contributed by atoms with Gasteiger partial charge in [0.15, 0.2) is 0 Å². The Balaban J connectivity index is 3.59. The van der Waals surface area contributed by atoms with Crippen molar-refractivity contribution < 1.29 is 5.11 Å². The minimum Gasteiger partial charge on any atom is -0.389 e. The molecular weight excluding hydrogens is 136 g/mol. The van der Waals surface area contributed by atoms with Crippen molar-refractivity contribution in [3.8, 4) is 0 Å². The summed E-state index contributed by atoms with van der Waals surface area (Å²) in [6, 6.07) is 0. The molecule has 0 rings (SSSR count). The summed E-state index contributed by atoms with van der Waals surface area (Å²) in [5.74, 6) is 0.520. The maximum Gasteiger partial charge on any atom is 0.0758 e. The van der Waals surface area contributed by atoms with Crippen LogP contribution in [-0.2, 0) is 0 Å². The van der Waals surface area contributed by atoms with Crippen LogP contribution in [0.25, 0.3) is 0 Å². The van der Waals surface area contributed by atoms with Gasteiger partial charge in [0.2, 0.25) is 0 Å². The number of allylic oxidation sites excluding steroid dienone is 1. The molecule has 0 amide bonds. The number of aliphatic hydroxyl groups is 1. The minimum absolute atomic E-state index is 0.340. The summed E-state index contributed by atoms with van der Waals surface area (Å²) in [6.07, 6.45) is 2.21. The summed E-state index contributed by atoms with van der Waals surface area (Å²) in [5, 5.41) is 9.16. The molecule has 0 aromatic heterocycles. The first-order valence-electron chi connectivity index (χ1n) is 3.09. The van der Waals surface area contributed by atoms with Crippen molar-refractivity contribution in [3.63, 3.8) is 0 Å². The Morgan fingerprint density at radius 2 is 2.33 bits per heavy atom. The highest BCUT2D eigenvalue weighted by Crippen LogP contribution is 2.05. The maximum absolute atomic E-state index is 9.16. The molecule has 9 heavy (non-hydrogen) atoms. The molecule has 2 heteroatoms. The average Bonchev–Trinajstić information content (AvgIpc) is 1.87.